The average Bonchev–Trinajstić information content (AvgIpc) is 3.46. The number of amides is 1. The van der Waals surface area contributed by atoms with Crippen molar-refractivity contribution < 1.29 is 4.79 Å². The fourth-order valence-corrected chi connectivity index (χ4v) is 3.52. The summed E-state index contributed by atoms with van der Waals surface area (Å²) in [7, 11) is 0. The van der Waals surface area contributed by atoms with E-state index in [0.29, 0.717) is 0 Å². The second-order valence-electron chi connectivity index (χ2n) is 6.49. The molecule has 0 fully saturated rings. The Morgan fingerprint density at radius 2 is 1.27 bits per heavy atom. The number of benzene rings is 3. The highest BCUT2D eigenvalue weighted by Gasteiger charge is 2.43. The summed E-state index contributed by atoms with van der Waals surface area (Å²) in [5.41, 5.74) is 6.56. The molecule has 3 aromatic carbocycles. The average molecular weight is 339 g/mol. The van der Waals surface area contributed by atoms with E-state index in [0.717, 1.165) is 39.9 Å². The zero-order valence-corrected chi connectivity index (χ0v) is 14.8. The molecule has 0 aromatic heterocycles. The van der Waals surface area contributed by atoms with Crippen LogP contribution in [0.25, 0.3) is 11.1 Å². The SMILES string of the molecule is CCc1ccccc1NC(=O)C1C(c2ccccc2)=C1c1ccccc1. The highest BCUT2D eigenvalue weighted by molar-refractivity contribution is 6.26. The van der Waals surface area contributed by atoms with Crippen molar-refractivity contribution >= 4 is 22.7 Å². The van der Waals surface area contributed by atoms with Crippen LogP contribution in [0.2, 0.25) is 0 Å². The minimum absolute atomic E-state index is 0.0450. The summed E-state index contributed by atoms with van der Waals surface area (Å²) in [4.78, 5) is 13.1. The number of carbonyl (C=O) groups is 1. The van der Waals surface area contributed by atoms with Crippen molar-refractivity contribution in [1.82, 2.24) is 0 Å². The zero-order valence-electron chi connectivity index (χ0n) is 14.8. The Labute approximate surface area is 154 Å². The van der Waals surface area contributed by atoms with Gasteiger partial charge in [-0.1, -0.05) is 85.8 Å². The Morgan fingerprint density at radius 3 is 1.81 bits per heavy atom. The Bertz CT molecular complexity index is 908. The molecular formula is C24H21NO. The molecule has 0 atom stereocenters. The van der Waals surface area contributed by atoms with Crippen LogP contribution in [0, 0.1) is 5.92 Å². The monoisotopic (exact) mass is 339 g/mol. The molecular weight excluding hydrogens is 318 g/mol. The zero-order chi connectivity index (χ0) is 17.9. The second-order valence-corrected chi connectivity index (χ2v) is 6.49. The first kappa shape index (κ1) is 16.3. The standard InChI is InChI=1S/C24H21NO/c1-2-17-11-9-10-16-20(17)25-24(26)23-21(18-12-5-3-6-13-18)22(23)19-14-7-4-8-15-19/h3-16,23H,2H2,1H3,(H,25,26). The lowest BCUT2D eigenvalue weighted by Crippen LogP contribution is -2.17. The third-order valence-corrected chi connectivity index (χ3v) is 4.87. The van der Waals surface area contributed by atoms with Crippen LogP contribution in [-0.2, 0) is 11.2 Å². The number of carbonyl (C=O) groups excluding carboxylic acids is 1. The van der Waals surface area contributed by atoms with Crippen LogP contribution in [-0.4, -0.2) is 5.91 Å². The maximum Gasteiger partial charge on any atom is 0.236 e. The lowest BCUT2D eigenvalue weighted by Gasteiger charge is -2.10. The maximum absolute atomic E-state index is 13.1. The van der Waals surface area contributed by atoms with E-state index >= 15 is 0 Å². The summed E-state index contributed by atoms with van der Waals surface area (Å²) in [6, 6.07) is 28.4. The first-order valence-corrected chi connectivity index (χ1v) is 9.03. The molecule has 0 bridgehead atoms. The highest BCUT2D eigenvalue weighted by Crippen LogP contribution is 2.53. The third-order valence-electron chi connectivity index (χ3n) is 4.87. The summed E-state index contributed by atoms with van der Waals surface area (Å²) in [6.45, 7) is 2.10. The molecule has 26 heavy (non-hydrogen) atoms. The summed E-state index contributed by atoms with van der Waals surface area (Å²) >= 11 is 0. The van der Waals surface area contributed by atoms with Crippen molar-refractivity contribution in [3.63, 3.8) is 0 Å². The predicted octanol–water partition coefficient (Wildman–Crippen LogP) is 5.43. The molecule has 2 heteroatoms. The number of anilines is 1. The first-order chi connectivity index (χ1) is 12.8. The van der Waals surface area contributed by atoms with Crippen LogP contribution >= 0.6 is 0 Å². The van der Waals surface area contributed by atoms with E-state index in [-0.39, 0.29) is 11.8 Å². The van der Waals surface area contributed by atoms with Gasteiger partial charge in [-0.2, -0.15) is 0 Å². The molecule has 0 spiro atoms. The summed E-state index contributed by atoms with van der Waals surface area (Å²) in [5, 5.41) is 3.14. The predicted molar refractivity (Wildman–Crippen MR) is 108 cm³/mol. The van der Waals surface area contributed by atoms with Gasteiger partial charge < -0.3 is 5.32 Å². The molecule has 1 amide bonds. The fourth-order valence-electron chi connectivity index (χ4n) is 3.52. The number of aryl methyl sites for hydroxylation is 1. The van der Waals surface area contributed by atoms with Crippen molar-refractivity contribution in [2.45, 2.75) is 13.3 Å². The molecule has 0 unspecified atom stereocenters. The van der Waals surface area contributed by atoms with Gasteiger partial charge in [0.05, 0.1) is 5.92 Å². The van der Waals surface area contributed by atoms with Crippen molar-refractivity contribution in [3.8, 4) is 0 Å². The topological polar surface area (TPSA) is 29.1 Å². The lowest BCUT2D eigenvalue weighted by molar-refractivity contribution is -0.116. The van der Waals surface area contributed by atoms with Crippen molar-refractivity contribution in [2.75, 3.05) is 5.32 Å². The van der Waals surface area contributed by atoms with E-state index < -0.39 is 0 Å². The van der Waals surface area contributed by atoms with E-state index in [9.17, 15) is 4.79 Å². The van der Waals surface area contributed by atoms with Crippen molar-refractivity contribution in [3.05, 3.63) is 102 Å². The molecule has 2 nitrogen and oxygen atoms in total. The molecule has 0 saturated carbocycles. The number of para-hydroxylation sites is 1. The molecule has 0 aliphatic heterocycles. The molecule has 1 aliphatic rings. The summed E-state index contributed by atoms with van der Waals surface area (Å²) in [5.74, 6) is -0.145. The molecule has 0 saturated heterocycles. The normalized spacial score (nSPS) is 13.6. The number of rotatable bonds is 5. The third kappa shape index (κ3) is 3.06. The summed E-state index contributed by atoms with van der Waals surface area (Å²) < 4.78 is 0. The van der Waals surface area contributed by atoms with Gasteiger partial charge >= 0.3 is 0 Å². The smallest absolute Gasteiger partial charge is 0.236 e. The van der Waals surface area contributed by atoms with Crippen LogP contribution in [0.4, 0.5) is 5.69 Å². The van der Waals surface area contributed by atoms with Crippen LogP contribution in [0.3, 0.4) is 0 Å². The van der Waals surface area contributed by atoms with Gasteiger partial charge in [0.25, 0.3) is 0 Å². The molecule has 4 rings (SSSR count). The van der Waals surface area contributed by atoms with Crippen LogP contribution < -0.4 is 5.32 Å². The molecule has 3 aromatic rings. The van der Waals surface area contributed by atoms with Gasteiger partial charge in [0, 0.05) is 5.69 Å². The Balaban J connectivity index is 1.65. The molecule has 128 valence electrons. The van der Waals surface area contributed by atoms with Gasteiger partial charge in [-0.25, -0.2) is 0 Å². The highest BCUT2D eigenvalue weighted by atomic mass is 16.2. The van der Waals surface area contributed by atoms with Gasteiger partial charge in [-0.15, -0.1) is 0 Å². The van der Waals surface area contributed by atoms with E-state index in [1.807, 2.05) is 54.6 Å². The number of hydrogen-bond acceptors (Lipinski definition) is 1. The van der Waals surface area contributed by atoms with E-state index in [4.69, 9.17) is 0 Å². The van der Waals surface area contributed by atoms with Crippen LogP contribution in [0.15, 0.2) is 84.9 Å². The van der Waals surface area contributed by atoms with Gasteiger partial charge in [0.2, 0.25) is 5.91 Å². The number of nitrogens with one attached hydrogen (secondary N) is 1. The largest absolute Gasteiger partial charge is 0.325 e. The van der Waals surface area contributed by atoms with Crippen molar-refractivity contribution in [2.24, 2.45) is 5.92 Å². The van der Waals surface area contributed by atoms with Gasteiger partial charge in [0.1, 0.15) is 0 Å². The summed E-state index contributed by atoms with van der Waals surface area (Å²) in [6.07, 6.45) is 0.894. The molecule has 1 N–H and O–H groups in total. The van der Waals surface area contributed by atoms with Gasteiger partial charge in [-0.3, -0.25) is 4.79 Å². The molecule has 1 aliphatic carbocycles. The van der Waals surface area contributed by atoms with Crippen molar-refractivity contribution in [1.29, 1.82) is 0 Å². The maximum atomic E-state index is 13.1. The fraction of sp³-hybridized carbons (Fsp3) is 0.125. The minimum atomic E-state index is -0.190. The van der Waals surface area contributed by atoms with Gasteiger partial charge in [-0.05, 0) is 40.3 Å². The minimum Gasteiger partial charge on any atom is -0.325 e. The Hall–Kier alpha value is -3.13. The van der Waals surface area contributed by atoms with E-state index in [1.165, 1.54) is 0 Å². The second kappa shape index (κ2) is 7.01. The Kier molecular flexibility index (Phi) is 4.40. The first-order valence-electron chi connectivity index (χ1n) is 9.03. The van der Waals surface area contributed by atoms with Gasteiger partial charge in [0.15, 0.2) is 0 Å². The Morgan fingerprint density at radius 1 is 0.769 bits per heavy atom. The lowest BCUT2D eigenvalue weighted by atomic mass is 10.1. The number of hydrogen-bond donors (Lipinski definition) is 1. The molecule has 0 heterocycles. The van der Waals surface area contributed by atoms with E-state index in [1.54, 1.807) is 0 Å². The van der Waals surface area contributed by atoms with Crippen LogP contribution in [0.1, 0.15) is 23.6 Å². The van der Waals surface area contributed by atoms with Crippen LogP contribution in [0.5, 0.6) is 0 Å². The quantitative estimate of drug-likeness (QED) is 0.660. The molecule has 0 radical (unpaired) electrons. The van der Waals surface area contributed by atoms with E-state index in [2.05, 4.69) is 42.6 Å².